The van der Waals surface area contributed by atoms with Gasteiger partial charge in [0.2, 0.25) is 0 Å². The molecular weight excluding hydrogens is 241 g/mol. The van der Waals surface area contributed by atoms with Crippen LogP contribution in [-0.2, 0) is 4.74 Å². The molecule has 1 aromatic rings. The summed E-state index contributed by atoms with van der Waals surface area (Å²) in [6, 6.07) is 6.75. The minimum atomic E-state index is -0.191. The van der Waals surface area contributed by atoms with E-state index in [1.54, 1.807) is 12.1 Å². The summed E-state index contributed by atoms with van der Waals surface area (Å²) in [6.45, 7) is 4.64. The van der Waals surface area contributed by atoms with Gasteiger partial charge in [-0.2, -0.15) is 0 Å². The Kier molecular flexibility index (Phi) is 5.80. The highest BCUT2D eigenvalue weighted by Crippen LogP contribution is 2.32. The summed E-state index contributed by atoms with van der Waals surface area (Å²) in [5.41, 5.74) is 0.930. The molecule has 3 heteroatoms. The minimum Gasteiger partial charge on any atom is -0.372 e. The molecule has 1 aliphatic rings. The fourth-order valence-corrected chi connectivity index (χ4v) is 2.17. The van der Waals surface area contributed by atoms with Crippen LogP contribution < -0.4 is 5.32 Å². The van der Waals surface area contributed by atoms with Gasteiger partial charge in [-0.1, -0.05) is 31.9 Å². The van der Waals surface area contributed by atoms with E-state index in [9.17, 15) is 4.39 Å². The van der Waals surface area contributed by atoms with Gasteiger partial charge in [-0.05, 0) is 43.0 Å². The first kappa shape index (κ1) is 14.5. The molecule has 1 N–H and O–H groups in total. The van der Waals surface area contributed by atoms with E-state index in [1.165, 1.54) is 18.9 Å². The van der Waals surface area contributed by atoms with Gasteiger partial charge in [0.05, 0.1) is 6.10 Å². The normalized spacial score (nSPS) is 16.5. The van der Waals surface area contributed by atoms with Gasteiger partial charge in [-0.25, -0.2) is 4.39 Å². The van der Waals surface area contributed by atoms with Crippen molar-refractivity contribution in [1.82, 2.24) is 5.32 Å². The maximum Gasteiger partial charge on any atom is 0.123 e. The molecule has 1 fully saturated rings. The fraction of sp³-hybridized carbons (Fsp3) is 0.625. The number of benzene rings is 1. The molecule has 0 radical (unpaired) electrons. The van der Waals surface area contributed by atoms with Crippen molar-refractivity contribution in [3.8, 4) is 0 Å². The van der Waals surface area contributed by atoms with E-state index in [-0.39, 0.29) is 11.9 Å². The maximum atomic E-state index is 13.3. The van der Waals surface area contributed by atoms with Crippen LogP contribution in [-0.4, -0.2) is 19.7 Å². The molecule has 1 atom stereocenters. The minimum absolute atomic E-state index is 0.0407. The lowest BCUT2D eigenvalue weighted by atomic mass is 10.1. The Bertz CT molecular complexity index is 379. The molecule has 1 aromatic carbocycles. The molecule has 0 aromatic heterocycles. The van der Waals surface area contributed by atoms with Crippen molar-refractivity contribution in [2.45, 2.75) is 38.7 Å². The predicted molar refractivity (Wildman–Crippen MR) is 75.6 cm³/mol. The topological polar surface area (TPSA) is 21.3 Å². The van der Waals surface area contributed by atoms with Gasteiger partial charge in [0, 0.05) is 13.2 Å². The van der Waals surface area contributed by atoms with Crippen molar-refractivity contribution in [3.05, 3.63) is 35.6 Å². The summed E-state index contributed by atoms with van der Waals surface area (Å²) >= 11 is 0. The third-order valence-electron chi connectivity index (χ3n) is 3.52. The molecule has 1 aliphatic carbocycles. The molecular formula is C16H24FNO. The zero-order chi connectivity index (χ0) is 13.5. The number of nitrogens with one attached hydrogen (secondary N) is 1. The SMILES string of the molecule is CCCNCC(OCCC1CC1)c1cccc(F)c1. The molecule has 0 amide bonds. The molecule has 106 valence electrons. The van der Waals surface area contributed by atoms with Gasteiger partial charge >= 0.3 is 0 Å². The number of halogens is 1. The molecule has 2 nitrogen and oxygen atoms in total. The Morgan fingerprint density at radius 3 is 2.95 bits per heavy atom. The summed E-state index contributed by atoms with van der Waals surface area (Å²) in [6.07, 6.45) is 4.89. The summed E-state index contributed by atoms with van der Waals surface area (Å²) in [5.74, 6) is 0.681. The van der Waals surface area contributed by atoms with Gasteiger partial charge in [0.25, 0.3) is 0 Å². The van der Waals surface area contributed by atoms with E-state index in [2.05, 4.69) is 12.2 Å². The molecule has 0 aliphatic heterocycles. The molecule has 0 saturated heterocycles. The first-order chi connectivity index (χ1) is 9.29. The van der Waals surface area contributed by atoms with Crippen LogP contribution in [0.1, 0.15) is 44.3 Å². The van der Waals surface area contributed by atoms with Gasteiger partial charge in [0.1, 0.15) is 5.82 Å². The third-order valence-corrected chi connectivity index (χ3v) is 3.52. The average Bonchev–Trinajstić information content (AvgIpc) is 3.21. The number of hydrogen-bond acceptors (Lipinski definition) is 2. The van der Waals surface area contributed by atoms with Gasteiger partial charge in [-0.15, -0.1) is 0 Å². The largest absolute Gasteiger partial charge is 0.372 e. The molecule has 2 rings (SSSR count). The van der Waals surface area contributed by atoms with E-state index < -0.39 is 0 Å². The Labute approximate surface area is 115 Å². The van der Waals surface area contributed by atoms with E-state index in [0.717, 1.165) is 44.0 Å². The quantitative estimate of drug-likeness (QED) is 0.688. The number of ether oxygens (including phenoxy) is 1. The Morgan fingerprint density at radius 2 is 2.26 bits per heavy atom. The first-order valence-electron chi connectivity index (χ1n) is 7.37. The van der Waals surface area contributed by atoms with Crippen LogP contribution >= 0.6 is 0 Å². The maximum absolute atomic E-state index is 13.3. The van der Waals surface area contributed by atoms with Gasteiger partial charge < -0.3 is 10.1 Å². The smallest absolute Gasteiger partial charge is 0.123 e. The van der Waals surface area contributed by atoms with Crippen LogP contribution in [0.3, 0.4) is 0 Å². The molecule has 1 saturated carbocycles. The van der Waals surface area contributed by atoms with E-state index in [4.69, 9.17) is 4.74 Å². The van der Waals surface area contributed by atoms with E-state index in [0.29, 0.717) is 0 Å². The lowest BCUT2D eigenvalue weighted by Crippen LogP contribution is -2.24. The van der Waals surface area contributed by atoms with Crippen LogP contribution in [0.2, 0.25) is 0 Å². The van der Waals surface area contributed by atoms with Crippen molar-refractivity contribution in [2.75, 3.05) is 19.7 Å². The van der Waals surface area contributed by atoms with E-state index in [1.807, 2.05) is 6.07 Å². The second kappa shape index (κ2) is 7.61. The van der Waals surface area contributed by atoms with Crippen molar-refractivity contribution >= 4 is 0 Å². The molecule has 0 spiro atoms. The van der Waals surface area contributed by atoms with E-state index >= 15 is 0 Å². The Balaban J connectivity index is 1.87. The molecule has 1 unspecified atom stereocenters. The highest BCUT2D eigenvalue weighted by atomic mass is 19.1. The van der Waals surface area contributed by atoms with Crippen molar-refractivity contribution < 1.29 is 9.13 Å². The van der Waals surface area contributed by atoms with Crippen LogP contribution in [0, 0.1) is 11.7 Å². The second-order valence-corrected chi connectivity index (χ2v) is 5.35. The summed E-state index contributed by atoms with van der Waals surface area (Å²) in [4.78, 5) is 0. The highest BCUT2D eigenvalue weighted by molar-refractivity contribution is 5.19. The van der Waals surface area contributed by atoms with Crippen LogP contribution in [0.25, 0.3) is 0 Å². The predicted octanol–water partition coefficient (Wildman–Crippen LogP) is 3.68. The summed E-state index contributed by atoms with van der Waals surface area (Å²) < 4.78 is 19.3. The average molecular weight is 265 g/mol. The summed E-state index contributed by atoms with van der Waals surface area (Å²) in [5, 5.41) is 3.36. The second-order valence-electron chi connectivity index (χ2n) is 5.35. The van der Waals surface area contributed by atoms with Crippen molar-refractivity contribution in [1.29, 1.82) is 0 Å². The lowest BCUT2D eigenvalue weighted by Gasteiger charge is -2.19. The van der Waals surface area contributed by atoms with Crippen LogP contribution in [0.4, 0.5) is 4.39 Å². The van der Waals surface area contributed by atoms with Gasteiger partial charge in [-0.3, -0.25) is 0 Å². The Morgan fingerprint density at radius 1 is 1.42 bits per heavy atom. The van der Waals surface area contributed by atoms with Crippen molar-refractivity contribution in [3.63, 3.8) is 0 Å². The highest BCUT2D eigenvalue weighted by Gasteiger charge is 2.21. The zero-order valence-corrected chi connectivity index (χ0v) is 11.7. The lowest BCUT2D eigenvalue weighted by molar-refractivity contribution is 0.0485. The van der Waals surface area contributed by atoms with Gasteiger partial charge in [0.15, 0.2) is 0 Å². The van der Waals surface area contributed by atoms with Crippen molar-refractivity contribution in [2.24, 2.45) is 5.92 Å². The van der Waals surface area contributed by atoms with Crippen LogP contribution in [0.5, 0.6) is 0 Å². The zero-order valence-electron chi connectivity index (χ0n) is 11.7. The molecule has 0 heterocycles. The van der Waals surface area contributed by atoms with Crippen LogP contribution in [0.15, 0.2) is 24.3 Å². The number of hydrogen-bond donors (Lipinski definition) is 1. The molecule has 19 heavy (non-hydrogen) atoms. The standard InChI is InChI=1S/C16H24FNO/c1-2-9-18-12-16(19-10-8-13-6-7-13)14-4-3-5-15(17)11-14/h3-5,11,13,16,18H,2,6-10,12H2,1H3. The fourth-order valence-electron chi connectivity index (χ4n) is 2.17. The first-order valence-corrected chi connectivity index (χ1v) is 7.37. The number of rotatable bonds is 9. The summed E-state index contributed by atoms with van der Waals surface area (Å²) in [7, 11) is 0. The molecule has 0 bridgehead atoms. The Hall–Kier alpha value is -0.930. The third kappa shape index (κ3) is 5.29. The monoisotopic (exact) mass is 265 g/mol.